The number of nitrogens with one attached hydrogen (secondary N) is 1. The molecule has 0 spiro atoms. The van der Waals surface area contributed by atoms with Gasteiger partial charge in [0.15, 0.2) is 0 Å². The van der Waals surface area contributed by atoms with E-state index in [0.717, 1.165) is 38.2 Å². The second-order valence-electron chi connectivity index (χ2n) is 5.66. The molecule has 1 aromatic carbocycles. The molecule has 0 bridgehead atoms. The number of aryl methyl sites for hydroxylation is 2. The minimum absolute atomic E-state index is 0.472. The van der Waals surface area contributed by atoms with E-state index < -0.39 is 0 Å². The van der Waals surface area contributed by atoms with Crippen LogP contribution in [0.4, 0.5) is 0 Å². The van der Waals surface area contributed by atoms with Gasteiger partial charge in [-0.2, -0.15) is 0 Å². The monoisotopic (exact) mass is 301 g/mol. The molecule has 3 rings (SSSR count). The van der Waals surface area contributed by atoms with Crippen LogP contribution in [0, 0.1) is 6.92 Å². The number of thiophene rings is 1. The summed E-state index contributed by atoms with van der Waals surface area (Å²) in [5.74, 6) is 1.08. The van der Waals surface area contributed by atoms with E-state index in [2.05, 4.69) is 48.8 Å². The second-order valence-corrected chi connectivity index (χ2v) is 6.61. The summed E-state index contributed by atoms with van der Waals surface area (Å²) >= 11 is 1.87. The lowest BCUT2D eigenvalue weighted by atomic mass is 10.00. The fraction of sp³-hybridized carbons (Fsp3) is 0.444. The van der Waals surface area contributed by atoms with Gasteiger partial charge in [-0.15, -0.1) is 11.3 Å². The molecule has 112 valence electrons. The number of hydrogen-bond donors (Lipinski definition) is 1. The summed E-state index contributed by atoms with van der Waals surface area (Å²) in [6.45, 7) is 6.25. The molecule has 0 amide bonds. The average Bonchev–Trinajstić information content (AvgIpc) is 3.11. The van der Waals surface area contributed by atoms with E-state index in [1.54, 1.807) is 0 Å². The Kier molecular flexibility index (Phi) is 4.61. The van der Waals surface area contributed by atoms with E-state index in [9.17, 15) is 0 Å². The first-order valence-electron chi connectivity index (χ1n) is 7.80. The molecular formula is C18H23NOS. The molecule has 0 aliphatic carbocycles. The van der Waals surface area contributed by atoms with E-state index in [4.69, 9.17) is 4.74 Å². The molecule has 2 aromatic rings. The van der Waals surface area contributed by atoms with Gasteiger partial charge in [-0.3, -0.25) is 0 Å². The summed E-state index contributed by atoms with van der Waals surface area (Å²) in [5, 5.41) is 5.83. The quantitative estimate of drug-likeness (QED) is 0.860. The van der Waals surface area contributed by atoms with Crippen LogP contribution in [0.1, 0.15) is 41.0 Å². The van der Waals surface area contributed by atoms with Crippen molar-refractivity contribution < 1.29 is 4.74 Å². The minimum Gasteiger partial charge on any atom is -0.493 e. The predicted octanol–water partition coefficient (Wildman–Crippen LogP) is 4.27. The summed E-state index contributed by atoms with van der Waals surface area (Å²) in [6, 6.07) is 9.37. The lowest BCUT2D eigenvalue weighted by molar-refractivity contribution is 0.357. The van der Waals surface area contributed by atoms with Gasteiger partial charge in [0.05, 0.1) is 6.61 Å². The van der Waals surface area contributed by atoms with Crippen LogP contribution in [-0.4, -0.2) is 13.2 Å². The van der Waals surface area contributed by atoms with Gasteiger partial charge in [0.2, 0.25) is 0 Å². The lowest BCUT2D eigenvalue weighted by Gasteiger charge is -2.18. The van der Waals surface area contributed by atoms with Crippen molar-refractivity contribution in [3.8, 4) is 5.75 Å². The molecule has 1 N–H and O–H groups in total. The van der Waals surface area contributed by atoms with E-state index in [-0.39, 0.29) is 0 Å². The first kappa shape index (κ1) is 14.6. The zero-order valence-corrected chi connectivity index (χ0v) is 13.6. The maximum Gasteiger partial charge on any atom is 0.122 e. The number of ether oxygens (including phenoxy) is 1. The van der Waals surface area contributed by atoms with Crippen LogP contribution in [0.2, 0.25) is 0 Å². The molecule has 2 nitrogen and oxygen atoms in total. The van der Waals surface area contributed by atoms with Gasteiger partial charge in [0, 0.05) is 17.3 Å². The highest BCUT2D eigenvalue weighted by molar-refractivity contribution is 7.10. The summed E-state index contributed by atoms with van der Waals surface area (Å²) < 4.78 is 5.58. The van der Waals surface area contributed by atoms with Gasteiger partial charge in [-0.25, -0.2) is 0 Å². The van der Waals surface area contributed by atoms with E-state index in [1.165, 1.54) is 21.6 Å². The zero-order chi connectivity index (χ0) is 14.7. The minimum atomic E-state index is 0.472. The average molecular weight is 301 g/mol. The van der Waals surface area contributed by atoms with E-state index >= 15 is 0 Å². The van der Waals surface area contributed by atoms with Crippen molar-refractivity contribution in [2.45, 2.75) is 39.2 Å². The predicted molar refractivity (Wildman–Crippen MR) is 89.4 cm³/mol. The Morgan fingerprint density at radius 1 is 1.33 bits per heavy atom. The molecular weight excluding hydrogens is 278 g/mol. The third-order valence-corrected chi connectivity index (χ3v) is 5.28. The Morgan fingerprint density at radius 2 is 2.24 bits per heavy atom. The van der Waals surface area contributed by atoms with Crippen LogP contribution in [0.15, 0.2) is 29.6 Å². The number of hydrogen-bond acceptors (Lipinski definition) is 3. The smallest absolute Gasteiger partial charge is 0.122 e. The molecule has 1 unspecified atom stereocenters. The molecule has 3 heteroatoms. The van der Waals surface area contributed by atoms with Crippen molar-refractivity contribution in [2.75, 3.05) is 13.2 Å². The standard InChI is InChI=1S/C18H23NOS/c1-3-19-16(18-13(2)9-11-21-18)6-4-14-5-7-17-15(12-14)8-10-20-17/h5,7,9,11-12,16,19H,3-4,6,8,10H2,1-2H3. The summed E-state index contributed by atoms with van der Waals surface area (Å²) in [6.07, 6.45) is 3.32. The van der Waals surface area contributed by atoms with Crippen molar-refractivity contribution in [3.63, 3.8) is 0 Å². The molecule has 1 aliphatic heterocycles. The largest absolute Gasteiger partial charge is 0.493 e. The van der Waals surface area contributed by atoms with Gasteiger partial charge < -0.3 is 10.1 Å². The SMILES string of the molecule is CCNC(CCc1ccc2c(c1)CCO2)c1sccc1C. The third-order valence-electron chi connectivity index (χ3n) is 4.14. The van der Waals surface area contributed by atoms with Crippen LogP contribution in [0.5, 0.6) is 5.75 Å². The number of fused-ring (bicyclic) bond motifs is 1. The summed E-state index contributed by atoms with van der Waals surface area (Å²) in [4.78, 5) is 1.49. The van der Waals surface area contributed by atoms with Crippen molar-refractivity contribution in [2.24, 2.45) is 0 Å². The van der Waals surface area contributed by atoms with Gasteiger partial charge in [0.1, 0.15) is 5.75 Å². The van der Waals surface area contributed by atoms with Crippen LogP contribution < -0.4 is 10.1 Å². The summed E-state index contributed by atoms with van der Waals surface area (Å²) in [7, 11) is 0. The Labute approximate surface area is 131 Å². The summed E-state index contributed by atoms with van der Waals surface area (Å²) in [5.41, 5.74) is 4.21. The molecule has 1 aromatic heterocycles. The fourth-order valence-corrected chi connectivity index (χ4v) is 4.06. The van der Waals surface area contributed by atoms with Gasteiger partial charge in [0.25, 0.3) is 0 Å². The highest BCUT2D eigenvalue weighted by atomic mass is 32.1. The zero-order valence-electron chi connectivity index (χ0n) is 12.8. The highest BCUT2D eigenvalue weighted by Gasteiger charge is 2.16. The first-order valence-corrected chi connectivity index (χ1v) is 8.68. The van der Waals surface area contributed by atoms with Crippen LogP contribution in [0.3, 0.4) is 0 Å². The molecule has 2 heterocycles. The molecule has 0 fully saturated rings. The molecule has 1 aliphatic rings. The van der Waals surface area contributed by atoms with Crippen molar-refractivity contribution >= 4 is 11.3 Å². The number of rotatable bonds is 6. The van der Waals surface area contributed by atoms with Gasteiger partial charge in [-0.1, -0.05) is 19.1 Å². The highest BCUT2D eigenvalue weighted by Crippen LogP contribution is 2.30. The maximum absolute atomic E-state index is 5.58. The van der Waals surface area contributed by atoms with Crippen LogP contribution in [-0.2, 0) is 12.8 Å². The Morgan fingerprint density at radius 3 is 3.00 bits per heavy atom. The molecule has 0 radical (unpaired) electrons. The van der Waals surface area contributed by atoms with Crippen molar-refractivity contribution in [1.29, 1.82) is 0 Å². The third kappa shape index (κ3) is 3.30. The Balaban J connectivity index is 1.68. The Bertz CT molecular complexity index is 605. The maximum atomic E-state index is 5.58. The Hall–Kier alpha value is -1.32. The van der Waals surface area contributed by atoms with Crippen LogP contribution in [0.25, 0.3) is 0 Å². The van der Waals surface area contributed by atoms with Gasteiger partial charge >= 0.3 is 0 Å². The molecule has 0 saturated heterocycles. The fourth-order valence-electron chi connectivity index (χ4n) is 3.02. The van der Waals surface area contributed by atoms with E-state index in [1.807, 2.05) is 11.3 Å². The second kappa shape index (κ2) is 6.63. The first-order chi connectivity index (χ1) is 10.3. The molecule has 0 saturated carbocycles. The van der Waals surface area contributed by atoms with Gasteiger partial charge in [-0.05, 0) is 60.5 Å². The topological polar surface area (TPSA) is 21.3 Å². The lowest BCUT2D eigenvalue weighted by Crippen LogP contribution is -2.21. The van der Waals surface area contributed by atoms with Crippen LogP contribution >= 0.6 is 11.3 Å². The molecule has 1 atom stereocenters. The molecule has 21 heavy (non-hydrogen) atoms. The normalized spacial score (nSPS) is 14.8. The van der Waals surface area contributed by atoms with Crippen molar-refractivity contribution in [3.05, 3.63) is 51.2 Å². The number of benzene rings is 1. The van der Waals surface area contributed by atoms with E-state index in [0.29, 0.717) is 6.04 Å². The van der Waals surface area contributed by atoms with Crippen molar-refractivity contribution in [1.82, 2.24) is 5.32 Å².